The second-order valence-corrected chi connectivity index (χ2v) is 23.7. The first-order chi connectivity index (χ1) is 46.5. The Bertz CT molecular complexity index is 3500. The molecule has 2 aromatic heterocycles. The standard InChI is InChI=1S/C35H45F3N10O4.C30H39F3N8O4.CH4/c1-46(2)34(47(3)4)48-20-27-28(21-48)42-29(49)24-11-13-25(14-12-24)41-32-43-31(44-33(45-32)52-22-35(36,37)38)40-19-23-9-15-26(16-10-23)51-18-8-6-5-7-17-39-30(27)50;31-30(32,33)19-45-29-40-27(37-16-21-7-11-23(12-8-21)44-14-4-2-1-3-13-34)39-28(41-29)38-22-9-5-20(6-10-22)15-36-25-18-35-17-24(25)26(42)43;/h9-16,27-28H,5-8,17-22H2,1-4H3,(H3-,39,40,41,42,43,44,45,49,50);5-12,24-25,35-36H,1-4,13-19,34H2,(H,42,43)(H2,37,38,39,40,41);1H4/p+1/t27-,28-;24-,25-;/m00./s1. The lowest BCUT2D eigenvalue weighted by Crippen LogP contribution is -2.47. The molecule has 6 aromatic rings. The number of aliphatic carboxylic acids is 1. The van der Waals surface area contributed by atoms with Crippen molar-refractivity contribution in [3.63, 3.8) is 0 Å². The van der Waals surface area contributed by atoms with E-state index < -0.39 is 61.4 Å². The molecule has 2 saturated heterocycles. The van der Waals surface area contributed by atoms with E-state index in [1.807, 2.05) is 98.3 Å². The highest BCUT2D eigenvalue weighted by molar-refractivity contribution is 5.95. The highest BCUT2D eigenvalue weighted by atomic mass is 19.4. The Balaban J connectivity index is 0.000000276. The van der Waals surface area contributed by atoms with E-state index in [0.717, 1.165) is 79.8 Å². The van der Waals surface area contributed by atoms with Gasteiger partial charge in [0.15, 0.2) is 13.2 Å². The molecule has 98 heavy (non-hydrogen) atoms. The third-order valence-electron chi connectivity index (χ3n) is 15.5. The van der Waals surface area contributed by atoms with Crippen LogP contribution in [0.5, 0.6) is 23.5 Å². The molecule has 7 heterocycles. The van der Waals surface area contributed by atoms with Crippen LogP contribution in [0.4, 0.5) is 61.5 Å². The molecule has 6 bridgehead atoms. The number of rotatable bonds is 20. The summed E-state index contributed by atoms with van der Waals surface area (Å²) in [5.41, 5.74) is 9.57. The molecule has 32 heteroatoms. The minimum absolute atomic E-state index is 0. The maximum atomic E-state index is 13.5. The van der Waals surface area contributed by atoms with Crippen molar-refractivity contribution in [3.8, 4) is 23.5 Å². The molecule has 2 fully saturated rings. The monoisotopic (exact) mass is 1380 g/mol. The molecule has 4 aromatic carbocycles. The van der Waals surface area contributed by atoms with E-state index in [9.17, 15) is 45.8 Å². The van der Waals surface area contributed by atoms with Crippen molar-refractivity contribution in [1.29, 1.82) is 0 Å². The molecule has 2 amide bonds. The van der Waals surface area contributed by atoms with Crippen molar-refractivity contribution >= 4 is 58.9 Å². The lowest BCUT2D eigenvalue weighted by molar-refractivity contribution is -0.475. The molecule has 11 N–H and O–H groups in total. The summed E-state index contributed by atoms with van der Waals surface area (Å²) in [7, 11) is 7.75. The predicted octanol–water partition coefficient (Wildman–Crippen LogP) is 7.92. The lowest BCUT2D eigenvalue weighted by atomic mass is 10.0. The predicted molar refractivity (Wildman–Crippen MR) is 358 cm³/mol. The molecule has 0 saturated carbocycles. The number of fused-ring (bicyclic) bond motifs is 2. The van der Waals surface area contributed by atoms with E-state index in [2.05, 4.69) is 77.3 Å². The fourth-order valence-electron chi connectivity index (χ4n) is 10.7. The number of anilines is 6. The summed E-state index contributed by atoms with van der Waals surface area (Å²) in [5, 5.41) is 33.8. The molecule has 11 rings (SSSR count). The molecule has 5 aliphatic heterocycles. The van der Waals surface area contributed by atoms with E-state index >= 15 is 0 Å². The van der Waals surface area contributed by atoms with Crippen molar-refractivity contribution < 1.29 is 69.4 Å². The third kappa shape index (κ3) is 25.1. The first-order valence-electron chi connectivity index (χ1n) is 32.0. The number of nitrogens with two attached hydrogens (primary N) is 1. The van der Waals surface area contributed by atoms with Crippen molar-refractivity contribution in [2.75, 3.05) is 115 Å². The lowest BCUT2D eigenvalue weighted by Gasteiger charge is -2.21. The summed E-state index contributed by atoms with van der Waals surface area (Å²) in [6.45, 7) is 2.17. The zero-order valence-corrected chi connectivity index (χ0v) is 54.6. The van der Waals surface area contributed by atoms with Crippen LogP contribution in [0.2, 0.25) is 0 Å². The van der Waals surface area contributed by atoms with Gasteiger partial charge in [-0.25, -0.2) is 0 Å². The van der Waals surface area contributed by atoms with Gasteiger partial charge in [0.2, 0.25) is 29.7 Å². The van der Waals surface area contributed by atoms with Crippen molar-refractivity contribution in [2.45, 2.75) is 103 Å². The average molecular weight is 1380 g/mol. The number of nitrogens with one attached hydrogen (secondary N) is 8. The van der Waals surface area contributed by atoms with Crippen LogP contribution in [0, 0.1) is 11.8 Å². The average Bonchev–Trinajstić information content (AvgIpc) is 1.76. The van der Waals surface area contributed by atoms with Gasteiger partial charge in [-0.05, 0) is 110 Å². The van der Waals surface area contributed by atoms with Crippen molar-refractivity contribution in [3.05, 3.63) is 119 Å². The summed E-state index contributed by atoms with van der Waals surface area (Å²) in [6.07, 6.45) is -1.50. The Morgan fingerprint density at radius 3 is 2.06 bits per heavy atom. The zero-order valence-electron chi connectivity index (χ0n) is 54.6. The van der Waals surface area contributed by atoms with Gasteiger partial charge in [0.1, 0.15) is 11.5 Å². The van der Waals surface area contributed by atoms with Gasteiger partial charge >= 0.3 is 36.3 Å². The van der Waals surface area contributed by atoms with E-state index in [1.165, 1.54) is 0 Å². The van der Waals surface area contributed by atoms with Gasteiger partial charge in [-0.15, -0.1) is 0 Å². The Morgan fingerprint density at radius 1 is 0.735 bits per heavy atom. The zero-order chi connectivity index (χ0) is 69.3. The van der Waals surface area contributed by atoms with Crippen LogP contribution in [-0.2, 0) is 29.2 Å². The number of aromatic nitrogens is 6. The number of carbonyl (C=O) groups excluding carboxylic acids is 2. The summed E-state index contributed by atoms with van der Waals surface area (Å²) in [4.78, 5) is 67.1. The Labute approximate surface area is 565 Å². The van der Waals surface area contributed by atoms with E-state index in [0.29, 0.717) is 88.3 Å². The van der Waals surface area contributed by atoms with Gasteiger partial charge in [-0.3, -0.25) is 28.8 Å². The Morgan fingerprint density at radius 2 is 1.39 bits per heavy atom. The molecule has 26 nitrogen and oxygen atoms in total. The number of carbonyl (C=O) groups is 3. The van der Waals surface area contributed by atoms with Gasteiger partial charge in [0.05, 0.1) is 72.4 Å². The Hall–Kier alpha value is -9.56. The van der Waals surface area contributed by atoms with E-state index in [1.54, 1.807) is 36.4 Å². The fraction of sp³-hybridized carbons (Fsp3) is 0.485. The number of amides is 2. The minimum Gasteiger partial charge on any atom is -0.494 e. The van der Waals surface area contributed by atoms with Gasteiger partial charge in [0.25, 0.3) is 5.91 Å². The van der Waals surface area contributed by atoms with E-state index in [-0.39, 0.29) is 55.6 Å². The molecule has 0 unspecified atom stereocenters. The van der Waals surface area contributed by atoms with Crippen molar-refractivity contribution in [1.82, 2.24) is 61.0 Å². The molecule has 0 spiro atoms. The highest BCUT2D eigenvalue weighted by Gasteiger charge is 2.44. The molecule has 4 atom stereocenters. The smallest absolute Gasteiger partial charge is 0.422 e. The number of halogens is 6. The molecular formula is C66H89F6N18O8+. The summed E-state index contributed by atoms with van der Waals surface area (Å²) in [5.74, 6) is 0.0373. The second-order valence-electron chi connectivity index (χ2n) is 23.7. The van der Waals surface area contributed by atoms with Crippen LogP contribution in [-0.4, -0.2) is 191 Å². The number of unbranched alkanes of at least 4 members (excludes halogenated alkanes) is 3. The van der Waals surface area contributed by atoms with Gasteiger partial charge in [0, 0.05) is 62.2 Å². The number of carboxylic acid groups (broad SMARTS) is 1. The van der Waals surface area contributed by atoms with Gasteiger partial charge < -0.3 is 72.3 Å². The first-order valence-corrected chi connectivity index (χ1v) is 32.0. The van der Waals surface area contributed by atoms with Gasteiger partial charge in [-0.2, -0.15) is 56.2 Å². The highest BCUT2D eigenvalue weighted by Crippen LogP contribution is 2.26. The van der Waals surface area contributed by atoms with Crippen molar-refractivity contribution in [2.24, 2.45) is 17.6 Å². The summed E-state index contributed by atoms with van der Waals surface area (Å²) < 4.78 is 101. The SMILES string of the molecule is C.CN(C)C(N1C[C@@H]2NC(=O)c3ccc(cc3)Nc3nc(nc(OCC(F)(F)F)n3)NCc3ccc(cc3)OCCCCCCNC(=O)[C@H]2C1)=[N+](C)C.NCCCCCCOc1ccc(CNc2nc(Nc3ccc(CN[C@H]4CNC[C@@H]4C(=O)O)cc3)nc(OCC(F)(F)F)n2)cc1. The number of ether oxygens (including phenoxy) is 4. The van der Waals surface area contributed by atoms with E-state index in [4.69, 9.17) is 24.7 Å². The number of hydrogen-bond donors (Lipinski definition) is 10. The van der Waals surface area contributed by atoms with Crippen LogP contribution in [0.3, 0.4) is 0 Å². The van der Waals surface area contributed by atoms with Crippen LogP contribution in [0.25, 0.3) is 0 Å². The normalized spacial score (nSPS) is 17.5. The third-order valence-corrected chi connectivity index (χ3v) is 15.5. The summed E-state index contributed by atoms with van der Waals surface area (Å²) >= 11 is 0. The second kappa shape index (κ2) is 37.2. The summed E-state index contributed by atoms with van der Waals surface area (Å²) in [6, 6.07) is 26.8. The molecule has 0 radical (unpaired) electrons. The first kappa shape index (κ1) is 75.8. The molecule has 5 aliphatic rings. The number of alkyl halides is 6. The minimum atomic E-state index is -4.59. The van der Waals surface area contributed by atoms with Crippen LogP contribution in [0.1, 0.15) is 85.8 Å². The number of benzene rings is 4. The molecular weight excluding hydrogens is 1290 g/mol. The number of guanidine groups is 1. The Kier molecular flexibility index (Phi) is 28.8. The largest absolute Gasteiger partial charge is 0.494 e. The topological polar surface area (TPSA) is 317 Å². The number of carboxylic acids is 1. The number of nitrogens with zero attached hydrogens (tertiary/aromatic N) is 9. The maximum absolute atomic E-state index is 13.5. The van der Waals surface area contributed by atoms with Crippen LogP contribution in [0.15, 0.2) is 97.1 Å². The maximum Gasteiger partial charge on any atom is 0.422 e. The quantitative estimate of drug-likeness (QED) is 0.0114. The van der Waals surface area contributed by atoms with Crippen LogP contribution >= 0.6 is 0 Å². The number of hydrogen-bond acceptors (Lipinski definition) is 20. The molecule has 0 aliphatic carbocycles. The molecule has 532 valence electrons. The number of likely N-dealkylation sites (tertiary alicyclic amines) is 1. The van der Waals surface area contributed by atoms with Gasteiger partial charge in [-0.1, -0.05) is 69.5 Å². The van der Waals surface area contributed by atoms with Crippen LogP contribution < -0.4 is 67.2 Å². The fourth-order valence-corrected chi connectivity index (χ4v) is 10.7.